The van der Waals surface area contributed by atoms with Crippen LogP contribution in [0, 0.1) is 24.1 Å². The summed E-state index contributed by atoms with van der Waals surface area (Å²) in [7, 11) is 0. The number of thioether (sulfide) groups is 1. The van der Waals surface area contributed by atoms with E-state index in [0.717, 1.165) is 5.69 Å². The molecular formula is C20H18FN5OS. The highest BCUT2D eigenvalue weighted by atomic mass is 32.2. The second-order valence-corrected chi connectivity index (χ2v) is 6.84. The van der Waals surface area contributed by atoms with E-state index in [-0.39, 0.29) is 30.3 Å². The fraction of sp³-hybridized carbons (Fsp3) is 0.200. The molecule has 0 fully saturated rings. The van der Waals surface area contributed by atoms with Crippen molar-refractivity contribution in [1.29, 1.82) is 5.26 Å². The minimum atomic E-state index is -0.498. The third kappa shape index (κ3) is 4.38. The van der Waals surface area contributed by atoms with Crippen molar-refractivity contribution in [2.45, 2.75) is 18.5 Å². The molecule has 1 heterocycles. The maximum absolute atomic E-state index is 14.2. The van der Waals surface area contributed by atoms with Crippen LogP contribution in [0.15, 0.2) is 59.8 Å². The summed E-state index contributed by atoms with van der Waals surface area (Å²) >= 11 is 1.23. The molecule has 3 aromatic rings. The van der Waals surface area contributed by atoms with Crippen molar-refractivity contribution in [3.05, 3.63) is 66.2 Å². The standard InChI is InChI=1S/C20H18FN5OS/c1-15-23-24-20(26(15)16-8-3-2-4-9-16)28-14-19(27)25(13-7-12-22)18-11-6-5-10-17(18)21/h2-6,8-11H,7,13-14H2,1H3. The van der Waals surface area contributed by atoms with Crippen LogP contribution < -0.4 is 4.90 Å². The molecule has 8 heteroatoms. The summed E-state index contributed by atoms with van der Waals surface area (Å²) in [5.74, 6) is -0.0469. The molecule has 0 aliphatic rings. The van der Waals surface area contributed by atoms with Gasteiger partial charge in [0.1, 0.15) is 11.6 Å². The van der Waals surface area contributed by atoms with E-state index < -0.39 is 5.82 Å². The average molecular weight is 395 g/mol. The lowest BCUT2D eigenvalue weighted by atomic mass is 10.2. The zero-order valence-electron chi connectivity index (χ0n) is 15.2. The topological polar surface area (TPSA) is 74.8 Å². The highest BCUT2D eigenvalue weighted by Gasteiger charge is 2.20. The number of rotatable bonds is 7. The highest BCUT2D eigenvalue weighted by Crippen LogP contribution is 2.24. The maximum Gasteiger partial charge on any atom is 0.237 e. The van der Waals surface area contributed by atoms with Crippen molar-refractivity contribution in [3.8, 4) is 11.8 Å². The third-order valence-electron chi connectivity index (χ3n) is 4.03. The van der Waals surface area contributed by atoms with E-state index in [9.17, 15) is 9.18 Å². The molecule has 142 valence electrons. The van der Waals surface area contributed by atoms with Crippen LogP contribution in [0.4, 0.5) is 10.1 Å². The van der Waals surface area contributed by atoms with Gasteiger partial charge >= 0.3 is 0 Å². The molecule has 0 aliphatic carbocycles. The Balaban J connectivity index is 1.79. The lowest BCUT2D eigenvalue weighted by molar-refractivity contribution is -0.116. The first kappa shape index (κ1) is 19.6. The van der Waals surface area contributed by atoms with Crippen molar-refractivity contribution in [3.63, 3.8) is 0 Å². The van der Waals surface area contributed by atoms with E-state index in [2.05, 4.69) is 10.2 Å². The Morgan fingerprint density at radius 2 is 1.89 bits per heavy atom. The predicted molar refractivity (Wildman–Crippen MR) is 106 cm³/mol. The first-order valence-electron chi connectivity index (χ1n) is 8.64. The molecule has 0 spiro atoms. The third-order valence-corrected chi connectivity index (χ3v) is 4.94. The molecule has 1 amide bonds. The summed E-state index contributed by atoms with van der Waals surface area (Å²) < 4.78 is 16.0. The van der Waals surface area contributed by atoms with Gasteiger partial charge in [0.05, 0.1) is 23.9 Å². The van der Waals surface area contributed by atoms with Gasteiger partial charge in [0.25, 0.3) is 0 Å². The van der Waals surface area contributed by atoms with Gasteiger partial charge in [0, 0.05) is 12.2 Å². The summed E-state index contributed by atoms with van der Waals surface area (Å²) in [6.07, 6.45) is 0.115. The summed E-state index contributed by atoms with van der Waals surface area (Å²) in [6.45, 7) is 1.96. The fourth-order valence-electron chi connectivity index (χ4n) is 2.73. The lowest BCUT2D eigenvalue weighted by Gasteiger charge is -2.22. The van der Waals surface area contributed by atoms with Crippen LogP contribution in [0.2, 0.25) is 0 Å². The Hall–Kier alpha value is -3.18. The van der Waals surface area contributed by atoms with Crippen molar-refractivity contribution in [2.24, 2.45) is 0 Å². The molecule has 0 atom stereocenters. The molecule has 3 rings (SSSR count). The Morgan fingerprint density at radius 1 is 1.18 bits per heavy atom. The quantitative estimate of drug-likeness (QED) is 0.570. The Morgan fingerprint density at radius 3 is 2.61 bits per heavy atom. The Bertz CT molecular complexity index is 999. The number of hydrogen-bond donors (Lipinski definition) is 0. The molecule has 2 aromatic carbocycles. The van der Waals surface area contributed by atoms with Gasteiger partial charge in [0.2, 0.25) is 5.91 Å². The van der Waals surface area contributed by atoms with E-state index in [0.29, 0.717) is 11.0 Å². The lowest BCUT2D eigenvalue weighted by Crippen LogP contribution is -2.34. The molecule has 0 radical (unpaired) electrons. The number of halogens is 1. The average Bonchev–Trinajstić information content (AvgIpc) is 3.09. The minimum absolute atomic E-state index is 0.0464. The number of anilines is 1. The van der Waals surface area contributed by atoms with Crippen molar-refractivity contribution >= 4 is 23.4 Å². The van der Waals surface area contributed by atoms with Crippen LogP contribution in [0.25, 0.3) is 5.69 Å². The molecule has 0 saturated heterocycles. The minimum Gasteiger partial charge on any atom is -0.308 e. The summed E-state index contributed by atoms with van der Waals surface area (Å²) in [5.41, 5.74) is 1.07. The Kier molecular flexibility index (Phi) is 6.40. The predicted octanol–water partition coefficient (Wildman–Crippen LogP) is 3.75. The number of hydrogen-bond acceptors (Lipinski definition) is 5. The second-order valence-electron chi connectivity index (χ2n) is 5.89. The molecule has 6 nitrogen and oxygen atoms in total. The van der Waals surface area contributed by atoms with E-state index in [1.165, 1.54) is 28.8 Å². The number of benzene rings is 2. The van der Waals surface area contributed by atoms with Gasteiger partial charge in [0.15, 0.2) is 5.16 Å². The van der Waals surface area contributed by atoms with E-state index in [4.69, 9.17) is 5.26 Å². The maximum atomic E-state index is 14.2. The van der Waals surface area contributed by atoms with Crippen molar-refractivity contribution < 1.29 is 9.18 Å². The smallest absolute Gasteiger partial charge is 0.237 e. The molecule has 0 N–H and O–H groups in total. The summed E-state index contributed by atoms with van der Waals surface area (Å²) in [6, 6.07) is 17.7. The molecule has 28 heavy (non-hydrogen) atoms. The normalized spacial score (nSPS) is 10.5. The number of nitriles is 1. The van der Waals surface area contributed by atoms with Crippen LogP contribution >= 0.6 is 11.8 Å². The van der Waals surface area contributed by atoms with Crippen LogP contribution in [-0.4, -0.2) is 33.0 Å². The number of para-hydroxylation sites is 2. The van der Waals surface area contributed by atoms with Crippen LogP contribution in [0.1, 0.15) is 12.2 Å². The molecule has 0 aliphatic heterocycles. The molecule has 1 aromatic heterocycles. The van der Waals surface area contributed by atoms with Gasteiger partial charge in [-0.25, -0.2) is 4.39 Å². The van der Waals surface area contributed by atoms with Crippen LogP contribution in [0.5, 0.6) is 0 Å². The van der Waals surface area contributed by atoms with Crippen molar-refractivity contribution in [2.75, 3.05) is 17.2 Å². The number of carbonyl (C=O) groups excluding carboxylic acids is 1. The first-order valence-corrected chi connectivity index (χ1v) is 9.62. The summed E-state index contributed by atoms with van der Waals surface area (Å²) in [4.78, 5) is 14.1. The number of carbonyl (C=O) groups is 1. The number of amides is 1. The molecular weight excluding hydrogens is 377 g/mol. The number of nitrogens with zero attached hydrogens (tertiary/aromatic N) is 5. The van der Waals surface area contributed by atoms with Gasteiger partial charge in [-0.15, -0.1) is 10.2 Å². The number of aryl methyl sites for hydroxylation is 1. The van der Waals surface area contributed by atoms with Crippen LogP contribution in [-0.2, 0) is 4.79 Å². The van der Waals surface area contributed by atoms with E-state index in [1.54, 1.807) is 12.1 Å². The Labute approximate surface area is 166 Å². The van der Waals surface area contributed by atoms with Crippen LogP contribution in [0.3, 0.4) is 0 Å². The first-order chi connectivity index (χ1) is 13.6. The van der Waals surface area contributed by atoms with Crippen molar-refractivity contribution in [1.82, 2.24) is 14.8 Å². The fourth-order valence-corrected chi connectivity index (χ4v) is 3.60. The molecule has 0 unspecified atom stereocenters. The monoisotopic (exact) mass is 395 g/mol. The SMILES string of the molecule is Cc1nnc(SCC(=O)N(CCC#N)c2ccccc2F)n1-c1ccccc1. The van der Waals surface area contributed by atoms with Gasteiger partial charge in [-0.1, -0.05) is 42.1 Å². The van der Waals surface area contributed by atoms with E-state index in [1.807, 2.05) is 47.9 Å². The molecule has 0 bridgehead atoms. The number of aromatic nitrogens is 3. The van der Waals surface area contributed by atoms with Gasteiger partial charge in [-0.05, 0) is 31.2 Å². The second kappa shape index (κ2) is 9.15. The zero-order valence-corrected chi connectivity index (χ0v) is 16.1. The van der Waals surface area contributed by atoms with Gasteiger partial charge in [-0.3, -0.25) is 9.36 Å². The largest absolute Gasteiger partial charge is 0.308 e. The van der Waals surface area contributed by atoms with E-state index >= 15 is 0 Å². The summed E-state index contributed by atoms with van der Waals surface area (Å²) in [5, 5.41) is 17.7. The van der Waals surface area contributed by atoms with Gasteiger partial charge < -0.3 is 4.90 Å². The zero-order chi connectivity index (χ0) is 19.9. The highest BCUT2D eigenvalue weighted by molar-refractivity contribution is 7.99. The van der Waals surface area contributed by atoms with Gasteiger partial charge in [-0.2, -0.15) is 5.26 Å². The molecule has 0 saturated carbocycles.